The first-order valence-electron chi connectivity index (χ1n) is 3.58. The van der Waals surface area contributed by atoms with Crippen molar-refractivity contribution in [1.29, 1.82) is 0 Å². The van der Waals surface area contributed by atoms with E-state index in [1.54, 1.807) is 25.3 Å². The molecule has 1 aliphatic heterocycles. The number of ether oxygens (including phenoxy) is 2. The highest BCUT2D eigenvalue weighted by atomic mass is 16.7. The quantitative estimate of drug-likeness (QED) is 0.657. The summed E-state index contributed by atoms with van der Waals surface area (Å²) in [6.45, 7) is 1.80. The maximum absolute atomic E-state index is 8.64. The van der Waals surface area contributed by atoms with E-state index >= 15 is 0 Å². The van der Waals surface area contributed by atoms with Crippen molar-refractivity contribution in [3.8, 4) is 0 Å². The normalized spacial score (nSPS) is 24.7. The van der Waals surface area contributed by atoms with E-state index in [1.165, 1.54) is 0 Å². The summed E-state index contributed by atoms with van der Waals surface area (Å²) < 4.78 is 10.3. The minimum atomic E-state index is -0.345. The molecule has 0 fully saturated rings. The van der Waals surface area contributed by atoms with Crippen LogP contribution in [0.25, 0.3) is 0 Å². The van der Waals surface area contributed by atoms with E-state index in [0.29, 0.717) is 0 Å². The lowest BCUT2D eigenvalue weighted by Gasteiger charge is -2.18. The minimum Gasteiger partial charge on any atom is -0.469 e. The average Bonchev–Trinajstić information content (AvgIpc) is 2.06. The Bertz CT molecular complexity index is 163. The van der Waals surface area contributed by atoms with Crippen LogP contribution in [-0.2, 0) is 9.47 Å². The largest absolute Gasteiger partial charge is 0.469 e. The third kappa shape index (κ3) is 2.74. The minimum absolute atomic E-state index is 0.0113. The molecular formula is C8H12O3. The summed E-state index contributed by atoms with van der Waals surface area (Å²) in [5.74, 6) is 0. The molecule has 0 aromatic carbocycles. The molecule has 3 nitrogen and oxygen atoms in total. The molecule has 3 heteroatoms. The van der Waals surface area contributed by atoms with Crippen molar-refractivity contribution in [2.45, 2.75) is 19.3 Å². The third-order valence-corrected chi connectivity index (χ3v) is 1.29. The van der Waals surface area contributed by atoms with Crippen LogP contribution >= 0.6 is 0 Å². The number of aliphatic hydroxyl groups is 1. The molecule has 1 rings (SSSR count). The number of hydrogen-bond acceptors (Lipinski definition) is 3. The van der Waals surface area contributed by atoms with Gasteiger partial charge in [0.15, 0.2) is 0 Å². The molecule has 0 aliphatic carbocycles. The lowest BCUT2D eigenvalue weighted by Crippen LogP contribution is -2.22. The molecule has 0 saturated heterocycles. The van der Waals surface area contributed by atoms with E-state index in [4.69, 9.17) is 14.6 Å². The Labute approximate surface area is 65.9 Å². The molecule has 0 amide bonds. The first kappa shape index (κ1) is 8.30. The Morgan fingerprint density at radius 1 is 1.64 bits per heavy atom. The molecule has 0 bridgehead atoms. The third-order valence-electron chi connectivity index (χ3n) is 1.29. The molecule has 2 atom stereocenters. The summed E-state index contributed by atoms with van der Waals surface area (Å²) in [6, 6.07) is 0. The van der Waals surface area contributed by atoms with Gasteiger partial charge in [-0.05, 0) is 19.1 Å². The topological polar surface area (TPSA) is 38.7 Å². The Hall–Kier alpha value is -0.800. The Balaban J connectivity index is 2.27. The van der Waals surface area contributed by atoms with Gasteiger partial charge in [0.1, 0.15) is 0 Å². The second kappa shape index (κ2) is 4.16. The lowest BCUT2D eigenvalue weighted by molar-refractivity contribution is -0.118. The second-order valence-corrected chi connectivity index (χ2v) is 2.35. The highest BCUT2D eigenvalue weighted by Gasteiger charge is 2.09. The van der Waals surface area contributed by atoms with Gasteiger partial charge >= 0.3 is 0 Å². The van der Waals surface area contributed by atoms with Gasteiger partial charge in [0.2, 0.25) is 6.29 Å². The fourth-order valence-electron chi connectivity index (χ4n) is 0.718. The van der Waals surface area contributed by atoms with Crippen molar-refractivity contribution in [1.82, 2.24) is 0 Å². The van der Waals surface area contributed by atoms with E-state index < -0.39 is 0 Å². The number of rotatable bonds is 3. The van der Waals surface area contributed by atoms with E-state index in [1.807, 2.05) is 6.08 Å². The molecule has 1 N–H and O–H groups in total. The Morgan fingerprint density at radius 3 is 3.00 bits per heavy atom. The van der Waals surface area contributed by atoms with Gasteiger partial charge in [-0.25, -0.2) is 0 Å². The van der Waals surface area contributed by atoms with E-state index in [2.05, 4.69) is 0 Å². The number of hydrogen-bond donors (Lipinski definition) is 1. The Kier molecular flexibility index (Phi) is 3.14. The van der Waals surface area contributed by atoms with Crippen LogP contribution in [0.2, 0.25) is 0 Å². The van der Waals surface area contributed by atoms with Gasteiger partial charge in [-0.1, -0.05) is 6.08 Å². The summed E-state index contributed by atoms with van der Waals surface area (Å²) in [7, 11) is 0. The summed E-state index contributed by atoms with van der Waals surface area (Å²) in [6.07, 6.45) is 6.45. The first-order valence-corrected chi connectivity index (χ1v) is 3.58. The van der Waals surface area contributed by atoms with Crippen LogP contribution in [0.3, 0.4) is 0 Å². The fourth-order valence-corrected chi connectivity index (χ4v) is 0.718. The van der Waals surface area contributed by atoms with Crippen LogP contribution in [0.1, 0.15) is 6.92 Å². The van der Waals surface area contributed by atoms with Crippen molar-refractivity contribution >= 4 is 0 Å². The molecule has 62 valence electrons. The van der Waals surface area contributed by atoms with Gasteiger partial charge in [-0.15, -0.1) is 0 Å². The monoisotopic (exact) mass is 156 g/mol. The van der Waals surface area contributed by atoms with Crippen molar-refractivity contribution in [2.75, 3.05) is 6.61 Å². The van der Waals surface area contributed by atoms with E-state index in [9.17, 15) is 0 Å². The predicted molar refractivity (Wildman–Crippen MR) is 40.8 cm³/mol. The first-order chi connectivity index (χ1) is 5.33. The van der Waals surface area contributed by atoms with Gasteiger partial charge in [-0.3, -0.25) is 0 Å². The number of aliphatic hydroxyl groups excluding tert-OH is 1. The van der Waals surface area contributed by atoms with E-state index in [-0.39, 0.29) is 19.0 Å². The van der Waals surface area contributed by atoms with Crippen LogP contribution in [0, 0.1) is 0 Å². The maximum atomic E-state index is 8.64. The molecule has 0 spiro atoms. The second-order valence-electron chi connectivity index (χ2n) is 2.35. The van der Waals surface area contributed by atoms with Crippen molar-refractivity contribution in [3.05, 3.63) is 24.5 Å². The van der Waals surface area contributed by atoms with Gasteiger partial charge in [-0.2, -0.15) is 0 Å². The molecule has 0 aromatic rings. The molecule has 1 heterocycles. The number of allylic oxidation sites excluding steroid dienone is 2. The summed E-state index contributed by atoms with van der Waals surface area (Å²) in [5, 5.41) is 8.64. The average molecular weight is 156 g/mol. The van der Waals surface area contributed by atoms with E-state index in [0.717, 1.165) is 0 Å². The predicted octanol–water partition coefficient (Wildman–Crippen LogP) is 0.810. The summed E-state index contributed by atoms with van der Waals surface area (Å²) >= 11 is 0. The van der Waals surface area contributed by atoms with Crippen LogP contribution < -0.4 is 0 Å². The molecule has 11 heavy (non-hydrogen) atoms. The highest BCUT2D eigenvalue weighted by molar-refractivity contribution is 5.05. The fraction of sp³-hybridized carbons (Fsp3) is 0.500. The van der Waals surface area contributed by atoms with Crippen LogP contribution in [0.5, 0.6) is 0 Å². The standard InChI is InChI=1S/C8H12O3/c1-7(6-9)11-8-4-2-3-5-10-8/h2-5,7-9H,6H2,1H3/t7?,8-/m0/s1. The zero-order chi connectivity index (χ0) is 8.10. The Morgan fingerprint density at radius 2 is 2.45 bits per heavy atom. The van der Waals surface area contributed by atoms with Gasteiger partial charge in [0.05, 0.1) is 19.0 Å². The smallest absolute Gasteiger partial charge is 0.219 e. The maximum Gasteiger partial charge on any atom is 0.219 e. The zero-order valence-corrected chi connectivity index (χ0v) is 6.43. The molecular weight excluding hydrogens is 144 g/mol. The van der Waals surface area contributed by atoms with Gasteiger partial charge in [0, 0.05) is 0 Å². The molecule has 0 saturated carbocycles. The molecule has 1 unspecified atom stereocenters. The van der Waals surface area contributed by atoms with Crippen molar-refractivity contribution < 1.29 is 14.6 Å². The lowest BCUT2D eigenvalue weighted by atomic mass is 10.4. The van der Waals surface area contributed by atoms with Crippen molar-refractivity contribution in [2.24, 2.45) is 0 Å². The zero-order valence-electron chi connectivity index (χ0n) is 6.43. The molecule has 0 radical (unpaired) electrons. The summed E-state index contributed by atoms with van der Waals surface area (Å²) in [5.41, 5.74) is 0. The van der Waals surface area contributed by atoms with Crippen LogP contribution in [0.15, 0.2) is 24.5 Å². The highest BCUT2D eigenvalue weighted by Crippen LogP contribution is 2.06. The van der Waals surface area contributed by atoms with Crippen LogP contribution in [-0.4, -0.2) is 24.1 Å². The van der Waals surface area contributed by atoms with Crippen molar-refractivity contribution in [3.63, 3.8) is 0 Å². The summed E-state index contributed by atoms with van der Waals surface area (Å²) in [4.78, 5) is 0. The van der Waals surface area contributed by atoms with Gasteiger partial charge < -0.3 is 14.6 Å². The molecule has 0 aromatic heterocycles. The van der Waals surface area contributed by atoms with Crippen LogP contribution in [0.4, 0.5) is 0 Å². The van der Waals surface area contributed by atoms with Gasteiger partial charge in [0.25, 0.3) is 0 Å². The molecule has 1 aliphatic rings. The SMILES string of the molecule is CC(CO)O[C@H]1C=CC=CO1.